The van der Waals surface area contributed by atoms with Crippen LogP contribution in [0, 0.1) is 0 Å². The molecule has 0 aliphatic carbocycles. The van der Waals surface area contributed by atoms with E-state index in [1.807, 2.05) is 31.2 Å². The lowest BCUT2D eigenvalue weighted by Gasteiger charge is -2.20. The maximum atomic E-state index is 13.5. The van der Waals surface area contributed by atoms with Crippen molar-refractivity contribution in [1.82, 2.24) is 0 Å². The number of hydrogen-bond acceptors (Lipinski definition) is 5. The van der Waals surface area contributed by atoms with E-state index < -0.39 is 12.0 Å². The van der Waals surface area contributed by atoms with Crippen LogP contribution in [0.15, 0.2) is 75.9 Å². The summed E-state index contributed by atoms with van der Waals surface area (Å²) >= 11 is 6.20. The molecule has 0 saturated heterocycles. The van der Waals surface area contributed by atoms with Gasteiger partial charge in [0.15, 0.2) is 11.9 Å². The molecule has 1 heterocycles. The van der Waals surface area contributed by atoms with Crippen LogP contribution in [0.4, 0.5) is 5.69 Å². The van der Waals surface area contributed by atoms with E-state index in [2.05, 4.69) is 26.1 Å². The Morgan fingerprint density at radius 2 is 1.76 bits per heavy atom. The molecule has 0 fully saturated rings. The van der Waals surface area contributed by atoms with Gasteiger partial charge >= 0.3 is 0 Å². The minimum absolute atomic E-state index is 0.00280. The molecule has 3 aromatic carbocycles. The number of anilines is 1. The van der Waals surface area contributed by atoms with Crippen molar-refractivity contribution in [3.8, 4) is 22.8 Å². The molecule has 4 aromatic rings. The fourth-order valence-corrected chi connectivity index (χ4v) is 4.23. The molecule has 37 heavy (non-hydrogen) atoms. The Bertz CT molecular complexity index is 1490. The molecule has 0 spiro atoms. The van der Waals surface area contributed by atoms with Crippen LogP contribution in [-0.2, 0) is 10.2 Å². The van der Waals surface area contributed by atoms with Crippen molar-refractivity contribution in [3.63, 3.8) is 0 Å². The van der Waals surface area contributed by atoms with Crippen molar-refractivity contribution in [1.29, 1.82) is 0 Å². The van der Waals surface area contributed by atoms with E-state index in [4.69, 9.17) is 25.5 Å². The summed E-state index contributed by atoms with van der Waals surface area (Å²) in [5.74, 6) is 0.365. The van der Waals surface area contributed by atoms with Crippen LogP contribution in [0.25, 0.3) is 22.3 Å². The van der Waals surface area contributed by atoms with Gasteiger partial charge in [-0.15, -0.1) is 0 Å². The van der Waals surface area contributed by atoms with Crippen LogP contribution >= 0.6 is 11.6 Å². The standard InChI is InChI=1S/C30H30ClNO5/c1-6-23(29(34)32-20-15-16-25(35-5)22(31)17-20)36-28-26(33)21-9-7-8-10-24(21)37-27(28)18-11-13-19(14-12-18)30(2,3)4/h7-17,23H,6H2,1-5H3,(H,32,34). The first-order valence-corrected chi connectivity index (χ1v) is 12.5. The largest absolute Gasteiger partial charge is 0.495 e. The number of hydrogen-bond donors (Lipinski definition) is 1. The number of rotatable bonds is 7. The zero-order chi connectivity index (χ0) is 26.7. The van der Waals surface area contributed by atoms with Crippen LogP contribution in [0.3, 0.4) is 0 Å². The lowest BCUT2D eigenvalue weighted by molar-refractivity contribution is -0.122. The van der Waals surface area contributed by atoms with Crippen molar-refractivity contribution in [2.75, 3.05) is 12.4 Å². The third kappa shape index (κ3) is 5.65. The highest BCUT2D eigenvalue weighted by atomic mass is 35.5. The summed E-state index contributed by atoms with van der Waals surface area (Å²) in [5, 5.41) is 3.55. The maximum absolute atomic E-state index is 13.5. The summed E-state index contributed by atoms with van der Waals surface area (Å²) in [4.78, 5) is 26.7. The molecule has 1 amide bonds. The number of methoxy groups -OCH3 is 1. The smallest absolute Gasteiger partial charge is 0.265 e. The second-order valence-corrected chi connectivity index (χ2v) is 10.2. The molecule has 0 aliphatic heterocycles. The zero-order valence-electron chi connectivity index (χ0n) is 21.6. The maximum Gasteiger partial charge on any atom is 0.265 e. The third-order valence-corrected chi connectivity index (χ3v) is 6.41. The van der Waals surface area contributed by atoms with Crippen LogP contribution < -0.4 is 20.2 Å². The summed E-state index contributed by atoms with van der Waals surface area (Å²) in [6, 6.07) is 19.8. The van der Waals surface area contributed by atoms with Crippen LogP contribution in [0.2, 0.25) is 5.02 Å². The van der Waals surface area contributed by atoms with Gasteiger partial charge in [-0.2, -0.15) is 0 Å². The molecule has 0 radical (unpaired) electrons. The van der Waals surface area contributed by atoms with Crippen molar-refractivity contribution in [2.45, 2.75) is 45.6 Å². The number of fused-ring (bicyclic) bond motifs is 1. The van der Waals surface area contributed by atoms with Crippen LogP contribution in [-0.4, -0.2) is 19.1 Å². The van der Waals surface area contributed by atoms with E-state index in [1.165, 1.54) is 7.11 Å². The van der Waals surface area contributed by atoms with Crippen molar-refractivity contribution < 1.29 is 18.7 Å². The Labute approximate surface area is 221 Å². The summed E-state index contributed by atoms with van der Waals surface area (Å²) in [6.45, 7) is 8.21. The number of para-hydroxylation sites is 1. The van der Waals surface area contributed by atoms with Gasteiger partial charge in [0.25, 0.3) is 5.91 Å². The molecule has 4 rings (SSSR count). The molecule has 0 bridgehead atoms. The number of halogens is 1. The zero-order valence-corrected chi connectivity index (χ0v) is 22.3. The second-order valence-electron chi connectivity index (χ2n) is 9.77. The lowest BCUT2D eigenvalue weighted by Crippen LogP contribution is -2.34. The number of nitrogens with one attached hydrogen (secondary N) is 1. The van der Waals surface area contributed by atoms with Gasteiger partial charge in [0.2, 0.25) is 11.2 Å². The van der Waals surface area contributed by atoms with Crippen molar-refractivity contribution in [3.05, 3.63) is 87.5 Å². The highest BCUT2D eigenvalue weighted by Gasteiger charge is 2.25. The predicted molar refractivity (Wildman–Crippen MR) is 148 cm³/mol. The summed E-state index contributed by atoms with van der Waals surface area (Å²) < 4.78 is 17.5. The average Bonchev–Trinajstić information content (AvgIpc) is 2.88. The molecule has 6 nitrogen and oxygen atoms in total. The van der Waals surface area contributed by atoms with Gasteiger partial charge in [0.05, 0.1) is 17.5 Å². The van der Waals surface area contributed by atoms with Crippen LogP contribution in [0.1, 0.15) is 39.7 Å². The molecular formula is C30H30ClNO5. The fraction of sp³-hybridized carbons (Fsp3) is 0.267. The Morgan fingerprint density at radius 1 is 1.05 bits per heavy atom. The summed E-state index contributed by atoms with van der Waals surface area (Å²) in [7, 11) is 1.52. The van der Waals surface area contributed by atoms with Gasteiger partial charge in [-0.05, 0) is 47.7 Å². The van der Waals surface area contributed by atoms with Gasteiger partial charge in [-0.3, -0.25) is 9.59 Å². The minimum atomic E-state index is -0.947. The number of benzene rings is 3. The average molecular weight is 520 g/mol. The van der Waals surface area contributed by atoms with Crippen molar-refractivity contribution in [2.24, 2.45) is 0 Å². The minimum Gasteiger partial charge on any atom is -0.495 e. The number of ether oxygens (including phenoxy) is 2. The quantitative estimate of drug-likeness (QED) is 0.279. The topological polar surface area (TPSA) is 77.8 Å². The molecule has 1 unspecified atom stereocenters. The molecule has 1 N–H and O–H groups in total. The highest BCUT2D eigenvalue weighted by molar-refractivity contribution is 6.32. The van der Waals surface area contributed by atoms with Gasteiger partial charge in [0.1, 0.15) is 11.3 Å². The normalized spacial score (nSPS) is 12.3. The molecule has 1 aromatic heterocycles. The third-order valence-electron chi connectivity index (χ3n) is 6.11. The van der Waals surface area contributed by atoms with Crippen LogP contribution in [0.5, 0.6) is 11.5 Å². The monoisotopic (exact) mass is 519 g/mol. The highest BCUT2D eigenvalue weighted by Crippen LogP contribution is 2.34. The molecular weight excluding hydrogens is 490 g/mol. The van der Waals surface area contributed by atoms with E-state index in [1.54, 1.807) is 42.5 Å². The number of carbonyl (C=O) groups excluding carboxylic acids is 1. The Morgan fingerprint density at radius 3 is 2.38 bits per heavy atom. The Balaban J connectivity index is 1.72. The first kappa shape index (κ1) is 26.3. The molecule has 0 saturated carbocycles. The molecule has 192 valence electrons. The van der Waals surface area contributed by atoms with Gasteiger partial charge in [-0.25, -0.2) is 0 Å². The number of carbonyl (C=O) groups is 1. The van der Waals surface area contributed by atoms with E-state index in [0.29, 0.717) is 39.4 Å². The van der Waals surface area contributed by atoms with Gasteiger partial charge < -0.3 is 19.2 Å². The SMILES string of the molecule is CCC(Oc1c(-c2ccc(C(C)(C)C)cc2)oc2ccccc2c1=O)C(=O)Nc1ccc(OC)c(Cl)c1. The van der Waals surface area contributed by atoms with E-state index in [0.717, 1.165) is 5.56 Å². The van der Waals surface area contributed by atoms with E-state index >= 15 is 0 Å². The fourth-order valence-electron chi connectivity index (χ4n) is 3.98. The first-order chi connectivity index (χ1) is 17.6. The van der Waals surface area contributed by atoms with E-state index in [9.17, 15) is 9.59 Å². The number of amides is 1. The van der Waals surface area contributed by atoms with Gasteiger partial charge in [-0.1, -0.05) is 75.7 Å². The molecule has 7 heteroatoms. The second kappa shape index (κ2) is 10.7. The Hall–Kier alpha value is -3.77. The van der Waals surface area contributed by atoms with Gasteiger partial charge in [0, 0.05) is 11.3 Å². The summed E-state index contributed by atoms with van der Waals surface area (Å²) in [6.07, 6.45) is -0.623. The predicted octanol–water partition coefficient (Wildman–Crippen LogP) is 7.22. The van der Waals surface area contributed by atoms with Crippen molar-refractivity contribution >= 4 is 34.2 Å². The van der Waals surface area contributed by atoms with E-state index in [-0.39, 0.29) is 22.4 Å². The Kier molecular flexibility index (Phi) is 7.60. The lowest BCUT2D eigenvalue weighted by atomic mass is 9.86. The summed E-state index contributed by atoms with van der Waals surface area (Å²) in [5.41, 5.74) is 2.39. The first-order valence-electron chi connectivity index (χ1n) is 12.1. The molecule has 1 atom stereocenters. The molecule has 0 aliphatic rings.